The Morgan fingerprint density at radius 3 is 2.31 bits per heavy atom. The lowest BCUT2D eigenvalue weighted by atomic mass is 9.95. The van der Waals surface area contributed by atoms with Gasteiger partial charge < -0.3 is 10.2 Å². The third kappa shape index (κ3) is 7.72. The number of carbonyl (C=O) groups is 2. The molecule has 1 aliphatic carbocycles. The number of nitrogens with zero attached hydrogens (tertiary/aromatic N) is 2. The van der Waals surface area contributed by atoms with E-state index in [9.17, 15) is 18.0 Å². The van der Waals surface area contributed by atoms with Gasteiger partial charge in [0, 0.05) is 17.6 Å². The number of amides is 2. The first-order valence-corrected chi connectivity index (χ1v) is 16.4. The van der Waals surface area contributed by atoms with Crippen molar-refractivity contribution in [2.75, 3.05) is 10.8 Å². The van der Waals surface area contributed by atoms with Gasteiger partial charge in [-0.3, -0.25) is 13.9 Å². The number of carbonyl (C=O) groups excluding carboxylic acids is 2. The summed E-state index contributed by atoms with van der Waals surface area (Å²) in [6.07, 6.45) is 5.53. The lowest BCUT2D eigenvalue weighted by Gasteiger charge is -2.34. The predicted molar refractivity (Wildman–Crippen MR) is 168 cm³/mol. The van der Waals surface area contributed by atoms with Crippen molar-refractivity contribution in [3.8, 4) is 0 Å². The second-order valence-electron chi connectivity index (χ2n) is 11.0. The number of hydrogen-bond acceptors (Lipinski definition) is 4. The zero-order valence-corrected chi connectivity index (χ0v) is 26.1. The average Bonchev–Trinajstić information content (AvgIpc) is 2.98. The number of hydrogen-bond donors (Lipinski definition) is 1. The summed E-state index contributed by atoms with van der Waals surface area (Å²) in [6.45, 7) is 5.35. The summed E-state index contributed by atoms with van der Waals surface area (Å²) in [5, 5.41) is 3.57. The van der Waals surface area contributed by atoms with Crippen LogP contribution in [-0.2, 0) is 26.2 Å². The van der Waals surface area contributed by atoms with Crippen LogP contribution in [0.3, 0.4) is 0 Å². The van der Waals surface area contributed by atoms with E-state index in [2.05, 4.69) is 5.32 Å². The first kappa shape index (κ1) is 31.6. The van der Waals surface area contributed by atoms with Gasteiger partial charge in [-0.25, -0.2) is 8.42 Å². The highest BCUT2D eigenvalue weighted by molar-refractivity contribution is 7.92. The molecule has 42 heavy (non-hydrogen) atoms. The van der Waals surface area contributed by atoms with E-state index in [4.69, 9.17) is 11.6 Å². The smallest absolute Gasteiger partial charge is 0.264 e. The molecule has 2 amide bonds. The predicted octanol–water partition coefficient (Wildman–Crippen LogP) is 6.41. The Morgan fingerprint density at radius 2 is 1.67 bits per heavy atom. The van der Waals surface area contributed by atoms with E-state index in [1.807, 2.05) is 45.0 Å². The molecule has 1 saturated carbocycles. The van der Waals surface area contributed by atoms with Gasteiger partial charge in [-0.15, -0.1) is 0 Å². The number of aryl methyl sites for hydroxylation is 2. The van der Waals surface area contributed by atoms with Crippen molar-refractivity contribution in [3.63, 3.8) is 0 Å². The van der Waals surface area contributed by atoms with Gasteiger partial charge in [0.2, 0.25) is 11.8 Å². The minimum Gasteiger partial charge on any atom is -0.352 e. The van der Waals surface area contributed by atoms with Crippen LogP contribution in [0, 0.1) is 13.8 Å². The molecule has 3 aromatic rings. The van der Waals surface area contributed by atoms with Gasteiger partial charge in [0.15, 0.2) is 0 Å². The van der Waals surface area contributed by atoms with E-state index in [1.54, 1.807) is 36.4 Å². The average molecular weight is 610 g/mol. The third-order valence-electron chi connectivity index (χ3n) is 7.83. The Bertz CT molecular complexity index is 1490. The molecule has 4 rings (SSSR count). The molecule has 0 saturated heterocycles. The van der Waals surface area contributed by atoms with E-state index in [1.165, 1.54) is 17.0 Å². The van der Waals surface area contributed by atoms with Gasteiger partial charge in [0.05, 0.1) is 10.6 Å². The van der Waals surface area contributed by atoms with Gasteiger partial charge >= 0.3 is 0 Å². The Balaban J connectivity index is 1.71. The lowest BCUT2D eigenvalue weighted by molar-refractivity contribution is -0.140. The molecule has 0 aromatic heterocycles. The number of nitrogens with one attached hydrogen (secondary N) is 1. The summed E-state index contributed by atoms with van der Waals surface area (Å²) in [5.74, 6) is -0.681. The first-order valence-electron chi connectivity index (χ1n) is 14.6. The van der Waals surface area contributed by atoms with Crippen molar-refractivity contribution >= 4 is 39.1 Å². The summed E-state index contributed by atoms with van der Waals surface area (Å²) >= 11 is 6.41. The second kappa shape index (κ2) is 14.2. The van der Waals surface area contributed by atoms with E-state index in [0.717, 1.165) is 53.1 Å². The summed E-state index contributed by atoms with van der Waals surface area (Å²) in [5.41, 5.74) is 2.96. The fourth-order valence-electron chi connectivity index (χ4n) is 5.46. The molecule has 0 radical (unpaired) electrons. The SMILES string of the molecule is CCC(C(=O)NC1CCCCC1)N(Cc1cccc(C)c1)C(=O)CN(c1ccc(C)c(Cl)c1)S(=O)(=O)c1ccccc1. The molecule has 0 heterocycles. The fourth-order valence-corrected chi connectivity index (χ4v) is 7.06. The Morgan fingerprint density at radius 1 is 0.952 bits per heavy atom. The first-order chi connectivity index (χ1) is 20.1. The number of halogens is 1. The molecule has 1 atom stereocenters. The largest absolute Gasteiger partial charge is 0.352 e. The molecular weight excluding hydrogens is 570 g/mol. The van der Waals surface area contributed by atoms with Crippen molar-refractivity contribution < 1.29 is 18.0 Å². The summed E-state index contributed by atoms with van der Waals surface area (Å²) < 4.78 is 29.0. The molecule has 1 unspecified atom stereocenters. The highest BCUT2D eigenvalue weighted by atomic mass is 35.5. The van der Waals surface area contributed by atoms with Crippen LogP contribution in [-0.4, -0.2) is 43.8 Å². The van der Waals surface area contributed by atoms with Crippen LogP contribution in [0.1, 0.15) is 62.1 Å². The highest BCUT2D eigenvalue weighted by Gasteiger charge is 2.34. The van der Waals surface area contributed by atoms with Gasteiger partial charge in [-0.2, -0.15) is 0 Å². The van der Waals surface area contributed by atoms with Gasteiger partial charge in [-0.1, -0.05) is 91.9 Å². The number of anilines is 1. The van der Waals surface area contributed by atoms with Gasteiger partial charge in [0.1, 0.15) is 12.6 Å². The van der Waals surface area contributed by atoms with Crippen LogP contribution in [0.4, 0.5) is 5.69 Å². The van der Waals surface area contributed by atoms with Crippen LogP contribution >= 0.6 is 11.6 Å². The molecule has 1 aliphatic rings. The fraction of sp³-hybridized carbons (Fsp3) is 0.394. The summed E-state index contributed by atoms with van der Waals surface area (Å²) in [7, 11) is -4.14. The Kier molecular flexibility index (Phi) is 10.7. The summed E-state index contributed by atoms with van der Waals surface area (Å²) in [4.78, 5) is 29.5. The molecule has 0 spiro atoms. The highest BCUT2D eigenvalue weighted by Crippen LogP contribution is 2.29. The lowest BCUT2D eigenvalue weighted by Crippen LogP contribution is -2.54. The topological polar surface area (TPSA) is 86.8 Å². The standard InChI is InChI=1S/C33H40ClN3O4S/c1-4-31(33(39)35-27-14-7-5-8-15-27)36(22-26-13-11-12-24(2)20-26)32(38)23-37(28-19-18-25(3)30(34)21-28)42(40,41)29-16-9-6-10-17-29/h6,9-13,16-21,27,31H,4-5,7-8,14-15,22-23H2,1-3H3,(H,35,39). The van der Waals surface area contributed by atoms with E-state index < -0.39 is 28.5 Å². The zero-order chi connectivity index (χ0) is 30.3. The molecule has 1 N–H and O–H groups in total. The van der Waals surface area contributed by atoms with Crippen LogP contribution < -0.4 is 9.62 Å². The van der Waals surface area contributed by atoms with Crippen molar-refractivity contribution in [2.24, 2.45) is 0 Å². The molecule has 3 aromatic carbocycles. The van der Waals surface area contributed by atoms with Crippen LogP contribution in [0.5, 0.6) is 0 Å². The van der Waals surface area contributed by atoms with Crippen molar-refractivity contribution in [1.29, 1.82) is 0 Å². The maximum absolute atomic E-state index is 14.2. The maximum atomic E-state index is 14.2. The van der Waals surface area contributed by atoms with E-state index in [-0.39, 0.29) is 29.1 Å². The van der Waals surface area contributed by atoms with E-state index in [0.29, 0.717) is 11.4 Å². The quantitative estimate of drug-likeness (QED) is 0.272. The number of sulfonamides is 1. The molecular formula is C33H40ClN3O4S. The zero-order valence-electron chi connectivity index (χ0n) is 24.6. The third-order valence-corrected chi connectivity index (χ3v) is 10.0. The summed E-state index contributed by atoms with van der Waals surface area (Å²) in [6, 6.07) is 20.0. The molecule has 0 aliphatic heterocycles. The van der Waals surface area contributed by atoms with Crippen molar-refractivity contribution in [1.82, 2.24) is 10.2 Å². The minimum atomic E-state index is -4.14. The molecule has 224 valence electrons. The van der Waals surface area contributed by atoms with Crippen LogP contribution in [0.25, 0.3) is 0 Å². The Labute approximate surface area is 254 Å². The minimum absolute atomic E-state index is 0.0572. The van der Waals surface area contributed by atoms with Crippen LogP contribution in [0.2, 0.25) is 5.02 Å². The van der Waals surface area contributed by atoms with Gasteiger partial charge in [-0.05, 0) is 68.5 Å². The molecule has 1 fully saturated rings. The normalized spacial score (nSPS) is 14.7. The van der Waals surface area contributed by atoms with Crippen LogP contribution in [0.15, 0.2) is 77.7 Å². The second-order valence-corrected chi connectivity index (χ2v) is 13.3. The Hall–Kier alpha value is -3.36. The molecule has 7 nitrogen and oxygen atoms in total. The monoisotopic (exact) mass is 609 g/mol. The maximum Gasteiger partial charge on any atom is 0.264 e. The van der Waals surface area contributed by atoms with E-state index >= 15 is 0 Å². The van der Waals surface area contributed by atoms with Crippen molar-refractivity contribution in [2.45, 2.75) is 82.8 Å². The number of rotatable bonds is 11. The van der Waals surface area contributed by atoms with Crippen molar-refractivity contribution in [3.05, 3.63) is 94.5 Å². The molecule has 9 heteroatoms. The molecule has 0 bridgehead atoms. The number of benzene rings is 3. The van der Waals surface area contributed by atoms with Gasteiger partial charge in [0.25, 0.3) is 10.0 Å².